The molecule has 4 heteroatoms. The molecule has 0 aliphatic rings. The second kappa shape index (κ2) is 6.97. The molecule has 0 aliphatic heterocycles. The second-order valence-corrected chi connectivity index (χ2v) is 4.64. The Kier molecular flexibility index (Phi) is 5.04. The lowest BCUT2D eigenvalue weighted by Crippen LogP contribution is -2.12. The molecule has 0 radical (unpaired) electrons. The van der Waals surface area contributed by atoms with Crippen LogP contribution < -0.4 is 4.74 Å². The van der Waals surface area contributed by atoms with Crippen molar-refractivity contribution < 1.29 is 18.3 Å². The summed E-state index contributed by atoms with van der Waals surface area (Å²) < 4.78 is 28.8. The highest BCUT2D eigenvalue weighted by Gasteiger charge is 2.20. The first-order chi connectivity index (χ1) is 10.1. The van der Waals surface area contributed by atoms with E-state index in [0.717, 1.165) is 5.56 Å². The molecule has 0 N–H and O–H groups in total. The van der Waals surface area contributed by atoms with Crippen molar-refractivity contribution >= 4 is 5.78 Å². The van der Waals surface area contributed by atoms with E-state index in [9.17, 15) is 13.6 Å². The minimum Gasteiger partial charge on any atom is -0.435 e. The standard InChI is InChI=1S/C17H16F2O2/c1-2-15(12-7-4-3-5-8-12)16(20)13-9-6-10-14(11-13)21-17(18)19/h3-11,15,17H,2H2,1H3. The van der Waals surface area contributed by atoms with Crippen molar-refractivity contribution in [3.63, 3.8) is 0 Å². The van der Waals surface area contributed by atoms with Gasteiger partial charge in [-0.05, 0) is 24.1 Å². The summed E-state index contributed by atoms with van der Waals surface area (Å²) in [6.45, 7) is -0.971. The lowest BCUT2D eigenvalue weighted by molar-refractivity contribution is -0.0498. The van der Waals surface area contributed by atoms with Gasteiger partial charge in [-0.1, -0.05) is 49.4 Å². The number of halogens is 2. The average molecular weight is 290 g/mol. The zero-order valence-electron chi connectivity index (χ0n) is 11.6. The number of alkyl halides is 2. The van der Waals surface area contributed by atoms with Crippen LogP contribution in [0.1, 0.15) is 35.2 Å². The molecule has 0 aliphatic carbocycles. The Morgan fingerprint density at radius 1 is 1.10 bits per heavy atom. The van der Waals surface area contributed by atoms with Crippen molar-refractivity contribution in [3.8, 4) is 5.75 Å². The maximum atomic E-state index is 12.6. The smallest absolute Gasteiger partial charge is 0.387 e. The Hall–Kier alpha value is -2.23. The van der Waals surface area contributed by atoms with Crippen molar-refractivity contribution in [1.29, 1.82) is 0 Å². The molecule has 2 nitrogen and oxygen atoms in total. The average Bonchev–Trinajstić information content (AvgIpc) is 2.48. The van der Waals surface area contributed by atoms with E-state index in [-0.39, 0.29) is 17.5 Å². The Labute approximate surface area is 122 Å². The third-order valence-electron chi connectivity index (χ3n) is 3.27. The molecule has 2 rings (SSSR count). The number of Topliss-reactive ketones (excluding diaryl/α,β-unsaturated/α-hetero) is 1. The SMILES string of the molecule is CCC(C(=O)c1cccc(OC(F)F)c1)c1ccccc1. The van der Waals surface area contributed by atoms with Crippen LogP contribution in [-0.4, -0.2) is 12.4 Å². The van der Waals surface area contributed by atoms with Crippen LogP contribution >= 0.6 is 0 Å². The van der Waals surface area contributed by atoms with Gasteiger partial charge in [-0.25, -0.2) is 0 Å². The molecule has 1 atom stereocenters. The maximum absolute atomic E-state index is 12.6. The topological polar surface area (TPSA) is 26.3 Å². The highest BCUT2D eigenvalue weighted by molar-refractivity contribution is 6.01. The summed E-state index contributed by atoms with van der Waals surface area (Å²) in [7, 11) is 0. The van der Waals surface area contributed by atoms with Crippen LogP contribution in [0.25, 0.3) is 0 Å². The minimum atomic E-state index is -2.90. The summed E-state index contributed by atoms with van der Waals surface area (Å²) in [5.74, 6) is -0.379. The van der Waals surface area contributed by atoms with Gasteiger partial charge in [0.1, 0.15) is 5.75 Å². The number of rotatable bonds is 6. The number of carbonyl (C=O) groups is 1. The first-order valence-corrected chi connectivity index (χ1v) is 6.76. The van der Waals surface area contributed by atoms with Crippen LogP contribution in [0.2, 0.25) is 0 Å². The number of hydrogen-bond donors (Lipinski definition) is 0. The molecule has 0 saturated heterocycles. The predicted octanol–water partition coefficient (Wildman–Crippen LogP) is 4.66. The molecule has 0 bridgehead atoms. The molecular formula is C17H16F2O2. The fourth-order valence-corrected chi connectivity index (χ4v) is 2.28. The maximum Gasteiger partial charge on any atom is 0.387 e. The van der Waals surface area contributed by atoms with E-state index in [0.29, 0.717) is 12.0 Å². The van der Waals surface area contributed by atoms with Crippen molar-refractivity contribution in [1.82, 2.24) is 0 Å². The molecule has 0 heterocycles. The number of carbonyl (C=O) groups excluding carboxylic acids is 1. The molecule has 1 unspecified atom stereocenters. The first kappa shape index (κ1) is 15.2. The fourth-order valence-electron chi connectivity index (χ4n) is 2.28. The zero-order chi connectivity index (χ0) is 15.2. The van der Waals surface area contributed by atoms with Gasteiger partial charge in [-0.15, -0.1) is 0 Å². The zero-order valence-corrected chi connectivity index (χ0v) is 11.6. The van der Waals surface area contributed by atoms with E-state index >= 15 is 0 Å². The Morgan fingerprint density at radius 2 is 1.81 bits per heavy atom. The monoisotopic (exact) mass is 290 g/mol. The molecule has 21 heavy (non-hydrogen) atoms. The van der Waals surface area contributed by atoms with Gasteiger partial charge in [-0.3, -0.25) is 4.79 Å². The summed E-state index contributed by atoms with van der Waals surface area (Å²) in [6, 6.07) is 15.4. The van der Waals surface area contributed by atoms with Gasteiger partial charge >= 0.3 is 6.61 Å². The van der Waals surface area contributed by atoms with E-state index in [1.165, 1.54) is 12.1 Å². The molecule has 110 valence electrons. The number of ketones is 1. The third-order valence-corrected chi connectivity index (χ3v) is 3.27. The van der Waals surface area contributed by atoms with Gasteiger partial charge < -0.3 is 4.74 Å². The molecule has 2 aromatic rings. The molecule has 0 saturated carbocycles. The second-order valence-electron chi connectivity index (χ2n) is 4.64. The van der Waals surface area contributed by atoms with E-state index in [4.69, 9.17) is 0 Å². The third kappa shape index (κ3) is 3.88. The van der Waals surface area contributed by atoms with E-state index < -0.39 is 6.61 Å². The van der Waals surface area contributed by atoms with E-state index in [1.54, 1.807) is 12.1 Å². The Bertz CT molecular complexity index is 597. The van der Waals surface area contributed by atoms with Crippen molar-refractivity contribution in [2.75, 3.05) is 0 Å². The van der Waals surface area contributed by atoms with Gasteiger partial charge in [0, 0.05) is 11.5 Å². The summed E-state index contributed by atoms with van der Waals surface area (Å²) in [5, 5.41) is 0. The van der Waals surface area contributed by atoms with Crippen molar-refractivity contribution in [3.05, 3.63) is 65.7 Å². The Morgan fingerprint density at radius 3 is 2.43 bits per heavy atom. The van der Waals surface area contributed by atoms with Gasteiger partial charge in [-0.2, -0.15) is 8.78 Å². The summed E-state index contributed by atoms with van der Waals surface area (Å²) in [6.07, 6.45) is 0.642. The van der Waals surface area contributed by atoms with Crippen molar-refractivity contribution in [2.45, 2.75) is 25.9 Å². The normalized spacial score (nSPS) is 12.2. The lowest BCUT2D eigenvalue weighted by Gasteiger charge is -2.15. The molecule has 0 fully saturated rings. The molecular weight excluding hydrogens is 274 g/mol. The molecule has 0 spiro atoms. The largest absolute Gasteiger partial charge is 0.435 e. The van der Waals surface area contributed by atoms with Gasteiger partial charge in [0.2, 0.25) is 0 Å². The van der Waals surface area contributed by atoms with Crippen molar-refractivity contribution in [2.24, 2.45) is 0 Å². The number of ether oxygens (including phenoxy) is 1. The molecule has 2 aromatic carbocycles. The minimum absolute atomic E-state index is 0.00114. The van der Waals surface area contributed by atoms with Gasteiger partial charge in [0.25, 0.3) is 0 Å². The predicted molar refractivity (Wildman–Crippen MR) is 76.9 cm³/mol. The van der Waals surface area contributed by atoms with E-state index in [1.807, 2.05) is 37.3 Å². The summed E-state index contributed by atoms with van der Waals surface area (Å²) in [5.41, 5.74) is 1.30. The van der Waals surface area contributed by atoms with Crippen LogP contribution in [0, 0.1) is 0 Å². The van der Waals surface area contributed by atoms with Gasteiger partial charge in [0.15, 0.2) is 5.78 Å². The first-order valence-electron chi connectivity index (χ1n) is 6.76. The van der Waals surface area contributed by atoms with Crippen LogP contribution in [0.4, 0.5) is 8.78 Å². The quantitative estimate of drug-likeness (QED) is 0.723. The van der Waals surface area contributed by atoms with Crippen LogP contribution in [-0.2, 0) is 0 Å². The highest BCUT2D eigenvalue weighted by atomic mass is 19.3. The number of benzene rings is 2. The molecule has 0 amide bonds. The van der Waals surface area contributed by atoms with Crippen LogP contribution in [0.3, 0.4) is 0 Å². The lowest BCUT2D eigenvalue weighted by atomic mass is 9.88. The summed E-state index contributed by atoms with van der Waals surface area (Å²) in [4.78, 5) is 12.6. The van der Waals surface area contributed by atoms with Crippen LogP contribution in [0.5, 0.6) is 5.75 Å². The Balaban J connectivity index is 2.26. The van der Waals surface area contributed by atoms with E-state index in [2.05, 4.69) is 4.74 Å². The van der Waals surface area contributed by atoms with Gasteiger partial charge in [0.05, 0.1) is 0 Å². The molecule has 0 aromatic heterocycles. The number of hydrogen-bond acceptors (Lipinski definition) is 2. The van der Waals surface area contributed by atoms with Crippen LogP contribution in [0.15, 0.2) is 54.6 Å². The highest BCUT2D eigenvalue weighted by Crippen LogP contribution is 2.26. The fraction of sp³-hybridized carbons (Fsp3) is 0.235. The summed E-state index contributed by atoms with van der Waals surface area (Å²) >= 11 is 0.